The highest BCUT2D eigenvalue weighted by molar-refractivity contribution is 5.72. The lowest BCUT2D eigenvalue weighted by atomic mass is 9.99. The molecule has 0 aliphatic rings. The number of carboxylic acid groups (broad SMARTS) is 1. The molecule has 0 spiro atoms. The maximum Gasteiger partial charge on any atom is 0.310 e. The minimum atomic E-state index is -0.741. The molecule has 0 fully saturated rings. The average Bonchev–Trinajstić information content (AvgIpc) is 1.90. The van der Waals surface area contributed by atoms with Gasteiger partial charge in [-0.15, -0.1) is 0 Å². The van der Waals surface area contributed by atoms with E-state index in [1.165, 1.54) is 0 Å². The summed E-state index contributed by atoms with van der Waals surface area (Å²) in [7, 11) is 0. The van der Waals surface area contributed by atoms with Crippen LogP contribution in [0, 0.1) is 5.92 Å². The van der Waals surface area contributed by atoms with Gasteiger partial charge in [-0.2, -0.15) is 0 Å². The van der Waals surface area contributed by atoms with E-state index in [4.69, 9.17) is 5.11 Å². The molecule has 1 atom stereocenters. The standard InChI is InChI=1S/C8H14O2/c1-4-7(5-2)6(3)8(9)10/h4,6H,5H2,1-3H3,(H,9,10)/b7-4+. The lowest BCUT2D eigenvalue weighted by Gasteiger charge is -2.07. The van der Waals surface area contributed by atoms with Crippen LogP contribution >= 0.6 is 0 Å². The molecule has 0 amide bonds. The monoisotopic (exact) mass is 142 g/mol. The quantitative estimate of drug-likeness (QED) is 0.612. The predicted octanol–water partition coefficient (Wildman–Crippen LogP) is 2.06. The summed E-state index contributed by atoms with van der Waals surface area (Å²) in [4.78, 5) is 10.4. The molecule has 0 aromatic carbocycles. The van der Waals surface area contributed by atoms with E-state index < -0.39 is 5.97 Å². The van der Waals surface area contributed by atoms with Gasteiger partial charge < -0.3 is 5.11 Å². The van der Waals surface area contributed by atoms with E-state index in [1.807, 2.05) is 19.9 Å². The molecule has 1 unspecified atom stereocenters. The Labute approximate surface area is 61.6 Å². The third kappa shape index (κ3) is 2.21. The zero-order valence-corrected chi connectivity index (χ0v) is 6.72. The van der Waals surface area contributed by atoms with Crippen molar-refractivity contribution in [2.75, 3.05) is 0 Å². The molecule has 0 bridgehead atoms. The summed E-state index contributed by atoms with van der Waals surface area (Å²) < 4.78 is 0. The van der Waals surface area contributed by atoms with Gasteiger partial charge in [-0.1, -0.05) is 18.6 Å². The normalized spacial score (nSPS) is 14.9. The van der Waals surface area contributed by atoms with Crippen molar-refractivity contribution < 1.29 is 9.90 Å². The smallest absolute Gasteiger partial charge is 0.310 e. The van der Waals surface area contributed by atoms with Crippen LogP contribution in [0.4, 0.5) is 0 Å². The van der Waals surface area contributed by atoms with Gasteiger partial charge in [0, 0.05) is 0 Å². The van der Waals surface area contributed by atoms with Gasteiger partial charge in [-0.3, -0.25) is 4.79 Å². The number of hydrogen-bond donors (Lipinski definition) is 1. The first-order valence-electron chi connectivity index (χ1n) is 3.51. The molecule has 1 N–H and O–H groups in total. The Kier molecular flexibility index (Phi) is 3.77. The van der Waals surface area contributed by atoms with Gasteiger partial charge in [-0.05, 0) is 20.3 Å². The van der Waals surface area contributed by atoms with Crippen molar-refractivity contribution in [2.24, 2.45) is 5.92 Å². The van der Waals surface area contributed by atoms with Crippen molar-refractivity contribution >= 4 is 5.97 Å². The summed E-state index contributed by atoms with van der Waals surface area (Å²) in [5, 5.41) is 8.57. The number of hydrogen-bond acceptors (Lipinski definition) is 1. The van der Waals surface area contributed by atoms with Crippen LogP contribution in [-0.2, 0) is 4.79 Å². The maximum absolute atomic E-state index is 10.4. The van der Waals surface area contributed by atoms with Crippen molar-refractivity contribution in [1.29, 1.82) is 0 Å². The van der Waals surface area contributed by atoms with Gasteiger partial charge in [0.2, 0.25) is 0 Å². The number of aliphatic carboxylic acids is 1. The third-order valence-corrected chi connectivity index (χ3v) is 1.71. The van der Waals surface area contributed by atoms with Crippen LogP contribution < -0.4 is 0 Å². The minimum Gasteiger partial charge on any atom is -0.481 e. The number of allylic oxidation sites excluding steroid dienone is 1. The van der Waals surface area contributed by atoms with Crippen LogP contribution in [0.3, 0.4) is 0 Å². The summed E-state index contributed by atoms with van der Waals surface area (Å²) in [5.74, 6) is -1.06. The van der Waals surface area contributed by atoms with Crippen LogP contribution in [0.25, 0.3) is 0 Å². The molecular weight excluding hydrogens is 128 g/mol. The zero-order valence-electron chi connectivity index (χ0n) is 6.72. The molecule has 2 heteroatoms. The summed E-state index contributed by atoms with van der Waals surface area (Å²) >= 11 is 0. The highest BCUT2D eigenvalue weighted by Gasteiger charge is 2.13. The Bertz CT molecular complexity index is 147. The predicted molar refractivity (Wildman–Crippen MR) is 40.8 cm³/mol. The van der Waals surface area contributed by atoms with E-state index in [2.05, 4.69) is 0 Å². The minimum absolute atomic E-state index is 0.324. The second kappa shape index (κ2) is 4.09. The van der Waals surface area contributed by atoms with Gasteiger partial charge in [0.25, 0.3) is 0 Å². The Balaban J connectivity index is 4.17. The van der Waals surface area contributed by atoms with E-state index >= 15 is 0 Å². The van der Waals surface area contributed by atoms with Gasteiger partial charge in [0.05, 0.1) is 5.92 Å². The number of rotatable bonds is 3. The van der Waals surface area contributed by atoms with Gasteiger partial charge in [-0.25, -0.2) is 0 Å². The summed E-state index contributed by atoms with van der Waals surface area (Å²) in [6, 6.07) is 0. The van der Waals surface area contributed by atoms with E-state index in [1.54, 1.807) is 6.92 Å². The molecule has 0 saturated heterocycles. The van der Waals surface area contributed by atoms with E-state index in [0.717, 1.165) is 12.0 Å². The molecule has 58 valence electrons. The van der Waals surface area contributed by atoms with Gasteiger partial charge in [0.1, 0.15) is 0 Å². The highest BCUT2D eigenvalue weighted by Crippen LogP contribution is 2.13. The fourth-order valence-electron chi connectivity index (χ4n) is 0.919. The van der Waals surface area contributed by atoms with E-state index in [0.29, 0.717) is 0 Å². The van der Waals surface area contributed by atoms with Crippen LogP contribution in [-0.4, -0.2) is 11.1 Å². The fraction of sp³-hybridized carbons (Fsp3) is 0.625. The molecule has 0 saturated carbocycles. The first-order valence-corrected chi connectivity index (χ1v) is 3.51. The van der Waals surface area contributed by atoms with Crippen molar-refractivity contribution in [3.8, 4) is 0 Å². The molecule has 0 rings (SSSR count). The average molecular weight is 142 g/mol. The molecule has 0 aliphatic carbocycles. The Morgan fingerprint density at radius 3 is 2.30 bits per heavy atom. The lowest BCUT2D eigenvalue weighted by Crippen LogP contribution is -2.11. The van der Waals surface area contributed by atoms with Crippen molar-refractivity contribution in [3.05, 3.63) is 11.6 Å². The topological polar surface area (TPSA) is 37.3 Å². The zero-order chi connectivity index (χ0) is 8.15. The van der Waals surface area contributed by atoms with Crippen molar-refractivity contribution in [3.63, 3.8) is 0 Å². The van der Waals surface area contributed by atoms with Gasteiger partial charge >= 0.3 is 5.97 Å². The Morgan fingerprint density at radius 1 is 1.70 bits per heavy atom. The Hall–Kier alpha value is -0.790. The van der Waals surface area contributed by atoms with E-state index in [9.17, 15) is 4.79 Å². The molecule has 0 radical (unpaired) electrons. The van der Waals surface area contributed by atoms with Crippen LogP contribution in [0.5, 0.6) is 0 Å². The fourth-order valence-corrected chi connectivity index (χ4v) is 0.919. The second-order valence-corrected chi connectivity index (χ2v) is 2.28. The first kappa shape index (κ1) is 9.21. The summed E-state index contributed by atoms with van der Waals surface area (Å²) in [6.45, 7) is 5.55. The Morgan fingerprint density at radius 2 is 2.20 bits per heavy atom. The van der Waals surface area contributed by atoms with Crippen LogP contribution in [0.1, 0.15) is 27.2 Å². The molecule has 2 nitrogen and oxygen atoms in total. The largest absolute Gasteiger partial charge is 0.481 e. The molecule has 0 aliphatic heterocycles. The molecule has 0 aromatic heterocycles. The number of carboxylic acids is 1. The van der Waals surface area contributed by atoms with Crippen LogP contribution in [0.2, 0.25) is 0 Å². The molecule has 10 heavy (non-hydrogen) atoms. The lowest BCUT2D eigenvalue weighted by molar-refractivity contribution is -0.139. The first-order chi connectivity index (χ1) is 4.63. The second-order valence-electron chi connectivity index (χ2n) is 2.28. The SMILES string of the molecule is C/C=C(\CC)C(C)C(=O)O. The number of carbonyl (C=O) groups is 1. The summed E-state index contributed by atoms with van der Waals surface area (Å²) in [6.07, 6.45) is 2.70. The molecule has 0 heterocycles. The van der Waals surface area contributed by atoms with Crippen molar-refractivity contribution in [1.82, 2.24) is 0 Å². The maximum atomic E-state index is 10.4. The van der Waals surface area contributed by atoms with Crippen LogP contribution in [0.15, 0.2) is 11.6 Å². The molecule has 0 aromatic rings. The van der Waals surface area contributed by atoms with Gasteiger partial charge in [0.15, 0.2) is 0 Å². The summed E-state index contributed by atoms with van der Waals surface area (Å²) in [5.41, 5.74) is 0.993. The van der Waals surface area contributed by atoms with Crippen molar-refractivity contribution in [2.45, 2.75) is 27.2 Å². The molecular formula is C8H14O2. The highest BCUT2D eigenvalue weighted by atomic mass is 16.4. The van der Waals surface area contributed by atoms with E-state index in [-0.39, 0.29) is 5.92 Å². The third-order valence-electron chi connectivity index (χ3n) is 1.71.